The topological polar surface area (TPSA) is 81.2 Å². The predicted octanol–water partition coefficient (Wildman–Crippen LogP) is 2.20. The third-order valence-electron chi connectivity index (χ3n) is 6.26. The number of sulfonamides is 1. The van der Waals surface area contributed by atoms with Crippen LogP contribution in [0.15, 0.2) is 42.5 Å². The summed E-state index contributed by atoms with van der Waals surface area (Å²) in [6.07, 6.45) is 0.626. The summed E-state index contributed by atoms with van der Waals surface area (Å²) < 4.78 is 25.6. The minimum absolute atomic E-state index is 0.0200. The standard InChI is InChI=1S/C24H30N4O4S/c1-18-17-20(23(29)25(2)3)7-10-22(18)26-12-14-27(15-13-26)24(30)19-5-8-21(9-6-19)28-11-4-16-33(28,31)32/h5-10,17H,4,11-16H2,1-3H3. The van der Waals surface area contributed by atoms with Gasteiger partial charge in [-0.05, 0) is 61.4 Å². The molecule has 0 aliphatic carbocycles. The Morgan fingerprint density at radius 1 is 0.879 bits per heavy atom. The van der Waals surface area contributed by atoms with Crippen LogP contribution in [0.2, 0.25) is 0 Å². The molecule has 33 heavy (non-hydrogen) atoms. The number of nitrogens with zero attached hydrogens (tertiary/aromatic N) is 4. The summed E-state index contributed by atoms with van der Waals surface area (Å²) >= 11 is 0. The monoisotopic (exact) mass is 470 g/mol. The Kier molecular flexibility index (Phi) is 6.34. The molecule has 2 amide bonds. The van der Waals surface area contributed by atoms with Crippen molar-refractivity contribution in [1.82, 2.24) is 9.80 Å². The minimum Gasteiger partial charge on any atom is -0.368 e. The molecular formula is C24H30N4O4S. The SMILES string of the molecule is Cc1cc(C(=O)N(C)C)ccc1N1CCN(C(=O)c2ccc(N3CCCS3(=O)=O)cc2)CC1. The summed E-state index contributed by atoms with van der Waals surface area (Å²) in [4.78, 5) is 30.8. The molecule has 2 aromatic rings. The molecule has 0 atom stereocenters. The van der Waals surface area contributed by atoms with E-state index in [2.05, 4.69) is 4.90 Å². The van der Waals surface area contributed by atoms with Crippen molar-refractivity contribution in [1.29, 1.82) is 0 Å². The molecule has 0 unspecified atom stereocenters. The largest absolute Gasteiger partial charge is 0.368 e. The van der Waals surface area contributed by atoms with Crippen LogP contribution in [0.5, 0.6) is 0 Å². The molecule has 4 rings (SSSR count). The highest BCUT2D eigenvalue weighted by Crippen LogP contribution is 2.26. The molecule has 2 saturated heterocycles. The highest BCUT2D eigenvalue weighted by atomic mass is 32.2. The van der Waals surface area contributed by atoms with Crippen LogP contribution in [0.1, 0.15) is 32.7 Å². The summed E-state index contributed by atoms with van der Waals surface area (Å²) in [6.45, 7) is 5.09. The van der Waals surface area contributed by atoms with Gasteiger partial charge in [-0.3, -0.25) is 13.9 Å². The first kappa shape index (κ1) is 23.1. The van der Waals surface area contributed by atoms with E-state index in [1.54, 1.807) is 43.3 Å². The highest BCUT2D eigenvalue weighted by molar-refractivity contribution is 7.93. The van der Waals surface area contributed by atoms with Gasteiger partial charge in [-0.1, -0.05) is 0 Å². The van der Waals surface area contributed by atoms with Crippen molar-refractivity contribution >= 4 is 33.2 Å². The molecule has 0 bridgehead atoms. The van der Waals surface area contributed by atoms with Gasteiger partial charge in [-0.25, -0.2) is 8.42 Å². The van der Waals surface area contributed by atoms with Crippen molar-refractivity contribution in [2.75, 3.05) is 61.8 Å². The van der Waals surface area contributed by atoms with Gasteiger partial charge in [0.2, 0.25) is 10.0 Å². The summed E-state index contributed by atoms with van der Waals surface area (Å²) in [5.41, 5.74) is 3.95. The Hall–Kier alpha value is -3.07. The maximum Gasteiger partial charge on any atom is 0.253 e. The van der Waals surface area contributed by atoms with Crippen molar-refractivity contribution < 1.29 is 18.0 Å². The quantitative estimate of drug-likeness (QED) is 0.684. The molecule has 0 N–H and O–H groups in total. The van der Waals surface area contributed by atoms with E-state index in [0.717, 1.165) is 11.3 Å². The molecule has 176 valence electrons. The van der Waals surface area contributed by atoms with E-state index in [9.17, 15) is 18.0 Å². The molecule has 2 aliphatic rings. The van der Waals surface area contributed by atoms with Gasteiger partial charge in [-0.2, -0.15) is 0 Å². The number of carbonyl (C=O) groups excluding carboxylic acids is 2. The third-order valence-corrected chi connectivity index (χ3v) is 8.13. The lowest BCUT2D eigenvalue weighted by atomic mass is 10.1. The van der Waals surface area contributed by atoms with Crippen LogP contribution in [-0.2, 0) is 10.0 Å². The molecule has 2 heterocycles. The molecule has 0 radical (unpaired) electrons. The van der Waals surface area contributed by atoms with Crippen molar-refractivity contribution in [3.05, 3.63) is 59.2 Å². The first-order valence-electron chi connectivity index (χ1n) is 11.1. The van der Waals surface area contributed by atoms with Crippen LogP contribution in [0.3, 0.4) is 0 Å². The van der Waals surface area contributed by atoms with Gasteiger partial charge < -0.3 is 14.7 Å². The molecule has 2 aromatic carbocycles. The summed E-state index contributed by atoms with van der Waals surface area (Å²) in [5.74, 6) is 0.106. The molecule has 8 nitrogen and oxygen atoms in total. The molecule has 0 aromatic heterocycles. The molecular weight excluding hydrogens is 440 g/mol. The highest BCUT2D eigenvalue weighted by Gasteiger charge is 2.29. The maximum atomic E-state index is 13.0. The smallest absolute Gasteiger partial charge is 0.253 e. The Morgan fingerprint density at radius 2 is 1.52 bits per heavy atom. The zero-order chi connectivity index (χ0) is 23.8. The second-order valence-electron chi connectivity index (χ2n) is 8.77. The van der Waals surface area contributed by atoms with Gasteiger partial charge in [0.25, 0.3) is 11.8 Å². The number of rotatable bonds is 4. The number of hydrogen-bond donors (Lipinski definition) is 0. The molecule has 2 aliphatic heterocycles. The number of hydrogen-bond acceptors (Lipinski definition) is 5. The van der Waals surface area contributed by atoms with Crippen LogP contribution in [0, 0.1) is 6.92 Å². The van der Waals surface area contributed by atoms with E-state index in [4.69, 9.17) is 0 Å². The van der Waals surface area contributed by atoms with Crippen LogP contribution >= 0.6 is 0 Å². The van der Waals surface area contributed by atoms with Gasteiger partial charge in [0.05, 0.1) is 11.4 Å². The fourth-order valence-electron chi connectivity index (χ4n) is 4.43. The lowest BCUT2D eigenvalue weighted by molar-refractivity contribution is 0.0746. The van der Waals surface area contributed by atoms with E-state index >= 15 is 0 Å². The Balaban J connectivity index is 1.39. The summed E-state index contributed by atoms with van der Waals surface area (Å²) in [6, 6.07) is 12.6. The normalized spacial score (nSPS) is 17.8. The molecule has 2 fully saturated rings. The van der Waals surface area contributed by atoms with Crippen molar-refractivity contribution in [2.24, 2.45) is 0 Å². The number of carbonyl (C=O) groups is 2. The van der Waals surface area contributed by atoms with Crippen LogP contribution in [0.4, 0.5) is 11.4 Å². The van der Waals surface area contributed by atoms with E-state index < -0.39 is 10.0 Å². The number of anilines is 2. The Labute approximate surface area is 195 Å². The molecule has 0 spiro atoms. The second-order valence-corrected chi connectivity index (χ2v) is 10.8. The fraction of sp³-hybridized carbons (Fsp3) is 0.417. The average molecular weight is 471 g/mol. The molecule has 9 heteroatoms. The maximum absolute atomic E-state index is 13.0. The fourth-order valence-corrected chi connectivity index (χ4v) is 6.00. The van der Waals surface area contributed by atoms with Gasteiger partial charge >= 0.3 is 0 Å². The second kappa shape index (κ2) is 9.05. The predicted molar refractivity (Wildman–Crippen MR) is 130 cm³/mol. The first-order valence-corrected chi connectivity index (χ1v) is 12.8. The van der Waals surface area contributed by atoms with Crippen LogP contribution in [0.25, 0.3) is 0 Å². The van der Waals surface area contributed by atoms with Gasteiger partial charge in [0.15, 0.2) is 0 Å². The van der Waals surface area contributed by atoms with E-state index in [-0.39, 0.29) is 17.6 Å². The zero-order valence-corrected chi connectivity index (χ0v) is 20.1. The lowest BCUT2D eigenvalue weighted by Gasteiger charge is -2.37. The van der Waals surface area contributed by atoms with Crippen molar-refractivity contribution in [2.45, 2.75) is 13.3 Å². The summed E-state index contributed by atoms with van der Waals surface area (Å²) in [5, 5.41) is 0. The van der Waals surface area contributed by atoms with E-state index in [0.29, 0.717) is 56.0 Å². The average Bonchev–Trinajstić information content (AvgIpc) is 3.17. The number of benzene rings is 2. The molecule has 0 saturated carbocycles. The zero-order valence-electron chi connectivity index (χ0n) is 19.3. The summed E-state index contributed by atoms with van der Waals surface area (Å²) in [7, 11) is 0.249. The Morgan fingerprint density at radius 3 is 2.06 bits per heavy atom. The number of aryl methyl sites for hydroxylation is 1. The lowest BCUT2D eigenvalue weighted by Crippen LogP contribution is -2.49. The third kappa shape index (κ3) is 4.68. The minimum atomic E-state index is -3.23. The van der Waals surface area contributed by atoms with Crippen molar-refractivity contribution in [3.8, 4) is 0 Å². The van der Waals surface area contributed by atoms with E-state index in [1.807, 2.05) is 30.0 Å². The van der Waals surface area contributed by atoms with Crippen LogP contribution in [-0.4, -0.2) is 82.6 Å². The number of piperazine rings is 1. The Bertz CT molecular complexity index is 1150. The van der Waals surface area contributed by atoms with E-state index in [1.165, 1.54) is 4.31 Å². The van der Waals surface area contributed by atoms with Crippen LogP contribution < -0.4 is 9.21 Å². The number of amides is 2. The van der Waals surface area contributed by atoms with Gasteiger partial charge in [-0.15, -0.1) is 0 Å². The first-order chi connectivity index (χ1) is 15.7. The van der Waals surface area contributed by atoms with Crippen molar-refractivity contribution in [3.63, 3.8) is 0 Å². The van der Waals surface area contributed by atoms with Gasteiger partial charge in [0, 0.05) is 63.6 Å². The van der Waals surface area contributed by atoms with Gasteiger partial charge in [0.1, 0.15) is 0 Å².